The molecule has 30 rings (SSSR count). The Balaban J connectivity index is 0.000000103. The number of rotatable bonds is 6. The van der Waals surface area contributed by atoms with Gasteiger partial charge in [0.2, 0.25) is 0 Å². The Bertz CT molecular complexity index is 9050. The summed E-state index contributed by atoms with van der Waals surface area (Å²) in [6.07, 6.45) is 0. The monoisotopic (exact) mass is 1750 g/mol. The van der Waals surface area contributed by atoms with Gasteiger partial charge in [0.05, 0.1) is 33.1 Å². The number of aryl methyl sites for hydroxylation is 3. The van der Waals surface area contributed by atoms with Crippen molar-refractivity contribution in [2.24, 2.45) is 0 Å². The van der Waals surface area contributed by atoms with Crippen LogP contribution in [0.1, 0.15) is 16.7 Å². The molecule has 0 N–H and O–H groups in total. The van der Waals surface area contributed by atoms with Gasteiger partial charge in [0.25, 0.3) is 0 Å². The van der Waals surface area contributed by atoms with Crippen molar-refractivity contribution in [1.82, 2.24) is 13.7 Å². The molecule has 21 aromatic carbocycles. The first-order valence-electron chi connectivity index (χ1n) is 48.2. The first-order chi connectivity index (χ1) is 68.2. The molecule has 6 aliphatic heterocycles. The van der Waals surface area contributed by atoms with Crippen LogP contribution >= 0.6 is 0 Å². The molecule has 3 aromatic heterocycles. The van der Waals surface area contributed by atoms with E-state index in [-0.39, 0.29) is 20.5 Å². The SMILES string of the molecule is Cc1ccc2c(c1)c1cc(-c3ccccc3)ccc1n2-c1ccc2c(c1)-c1ccccc1B1c3ccccc3-c3ccccc3N12.Cc1ccc2c(c1)c1cc(C)ccc1n2-c1ccc2c(c1)-c1ccccc1B1c3ccccc3-c3ccccc3N12.c1ccc(-c2ccc3c(c2)c2cc(-c4ccccc4)ccc2n3-c2ccc3c(c2)-c2ccccc2B2c4ccccc4-c4ccccc4N23)cc1. The van der Waals surface area contributed by atoms with Crippen LogP contribution in [0, 0.1) is 20.8 Å². The molecule has 9 heteroatoms. The summed E-state index contributed by atoms with van der Waals surface area (Å²) >= 11 is 0. The number of hydrogen-bond donors (Lipinski definition) is 0. The second-order valence-corrected chi connectivity index (χ2v) is 37.9. The summed E-state index contributed by atoms with van der Waals surface area (Å²) in [5, 5.41) is 7.69. The van der Waals surface area contributed by atoms with Crippen LogP contribution in [0.5, 0.6) is 0 Å². The van der Waals surface area contributed by atoms with Gasteiger partial charge in [0.1, 0.15) is 0 Å². The van der Waals surface area contributed by atoms with E-state index in [4.69, 9.17) is 0 Å². The van der Waals surface area contributed by atoms with E-state index in [0.717, 1.165) is 5.69 Å². The van der Waals surface area contributed by atoms with Gasteiger partial charge in [-0.1, -0.05) is 344 Å². The van der Waals surface area contributed by atoms with Gasteiger partial charge in [0, 0.05) is 117 Å². The minimum absolute atomic E-state index is 0.103. The standard InChI is InChI=1S/C48H31BN2.C43H29BN2.C38H27BN2/c1-3-13-32(14-4-1)34-23-26-45-40(29-34)41-30-35(33-15-5-2-6-16-33)24-27-46(41)50(45)36-25-28-48-42(31-36)38-18-8-11-21-44(38)49-43-20-10-7-17-37(43)39-19-9-12-22-47(39)51(48)49;1-28-19-22-40-35(25-28)36-26-30(29-11-3-2-4-12-29)20-23-41(36)45(40)31-21-24-43-37(27-31)33-14-6-9-17-39(33)44-38-16-8-5-13-32(38)34-15-7-10-18-42(34)46(43)44;1-24-15-18-35-30(21-24)31-22-25(2)16-19-36(31)40(35)26-17-20-38-32(23-26)28-10-4-7-13-34(28)39-33-12-6-3-9-27(33)29-11-5-8-14-37(29)41(38)39/h1-31H;2-27H,1H3;3-23H,1-2H3. The van der Waals surface area contributed by atoms with E-state index in [2.05, 4.69) is 522 Å². The third-order valence-electron chi connectivity index (χ3n) is 30.1. The third kappa shape index (κ3) is 12.2. The van der Waals surface area contributed by atoms with Crippen molar-refractivity contribution < 1.29 is 0 Å². The predicted octanol–water partition coefficient (Wildman–Crippen LogP) is 29.0. The van der Waals surface area contributed by atoms with Gasteiger partial charge in [-0.3, -0.25) is 0 Å². The van der Waals surface area contributed by atoms with Gasteiger partial charge in [-0.25, -0.2) is 0 Å². The maximum Gasteiger partial charge on any atom is 0.329 e. The number of hydrogen-bond acceptors (Lipinski definition) is 3. The van der Waals surface area contributed by atoms with Crippen LogP contribution in [-0.2, 0) is 0 Å². The Morgan fingerprint density at radius 1 is 0.145 bits per heavy atom. The summed E-state index contributed by atoms with van der Waals surface area (Å²) in [7, 11) is 0. The van der Waals surface area contributed by atoms with E-state index in [1.54, 1.807) is 0 Å². The molecule has 6 aliphatic rings. The molecule has 9 heterocycles. The Kier molecular flexibility index (Phi) is 18.0. The molecule has 0 radical (unpaired) electrons. The first kappa shape index (κ1) is 79.2. The maximum absolute atomic E-state index is 2.57. The fourth-order valence-electron chi connectivity index (χ4n) is 24.1. The molecule has 642 valence electrons. The lowest BCUT2D eigenvalue weighted by Crippen LogP contribution is -2.59. The average molecular weight is 1750 g/mol. The Morgan fingerprint density at radius 3 is 0.609 bits per heavy atom. The fraction of sp³-hybridized carbons (Fsp3) is 0.0233. The number of nitrogens with zero attached hydrogens (tertiary/aromatic N) is 6. The second-order valence-electron chi connectivity index (χ2n) is 37.9. The second kappa shape index (κ2) is 31.4. The molecular weight excluding hydrogens is 1670 g/mol. The molecule has 0 spiro atoms. The Morgan fingerprint density at radius 2 is 0.348 bits per heavy atom. The molecule has 0 atom stereocenters. The van der Waals surface area contributed by atoms with E-state index >= 15 is 0 Å². The van der Waals surface area contributed by atoms with E-state index in [0.29, 0.717) is 0 Å². The minimum atomic E-state index is 0.103. The van der Waals surface area contributed by atoms with Gasteiger partial charge < -0.3 is 28.1 Å². The molecule has 0 bridgehead atoms. The lowest BCUT2D eigenvalue weighted by atomic mass is 9.43. The van der Waals surface area contributed by atoms with Crippen molar-refractivity contribution in [3.8, 4) is 117 Å². The lowest BCUT2D eigenvalue weighted by Gasteiger charge is -2.43. The summed E-state index contributed by atoms with van der Waals surface area (Å²) in [6, 6.07) is 175. The van der Waals surface area contributed by atoms with Crippen molar-refractivity contribution in [2.75, 3.05) is 14.4 Å². The van der Waals surface area contributed by atoms with Gasteiger partial charge in [-0.05, 0) is 266 Å². The first-order valence-corrected chi connectivity index (χ1v) is 48.2. The zero-order valence-corrected chi connectivity index (χ0v) is 76.4. The highest BCUT2D eigenvalue weighted by Gasteiger charge is 2.46. The van der Waals surface area contributed by atoms with Crippen LogP contribution < -0.4 is 47.2 Å². The molecule has 0 unspecified atom stereocenters. The molecule has 6 nitrogen and oxygen atoms in total. The molecule has 138 heavy (non-hydrogen) atoms. The highest BCUT2D eigenvalue weighted by atomic mass is 15.1. The third-order valence-corrected chi connectivity index (χ3v) is 30.1. The number of fused-ring (bicyclic) bond motifs is 42. The molecule has 0 fully saturated rings. The zero-order chi connectivity index (χ0) is 91.1. The van der Waals surface area contributed by atoms with Crippen molar-refractivity contribution in [3.05, 3.63) is 490 Å². The van der Waals surface area contributed by atoms with Crippen LogP contribution in [0.2, 0.25) is 0 Å². The molecule has 24 aromatic rings. The van der Waals surface area contributed by atoms with E-state index < -0.39 is 0 Å². The number of para-hydroxylation sites is 3. The molecule has 0 saturated heterocycles. The minimum Gasteiger partial charge on any atom is -0.376 e. The van der Waals surface area contributed by atoms with Crippen molar-refractivity contribution in [1.29, 1.82) is 0 Å². The van der Waals surface area contributed by atoms with Crippen LogP contribution in [0.25, 0.3) is 183 Å². The van der Waals surface area contributed by atoms with Gasteiger partial charge in [-0.15, -0.1) is 0 Å². The summed E-state index contributed by atoms with van der Waals surface area (Å²) in [5.41, 5.74) is 53.3. The highest BCUT2D eigenvalue weighted by molar-refractivity contribution is 6.94. The summed E-state index contributed by atoms with van der Waals surface area (Å²) in [5.74, 6) is 0. The lowest BCUT2D eigenvalue weighted by molar-refractivity contribution is 1.17. The van der Waals surface area contributed by atoms with Gasteiger partial charge in [0.15, 0.2) is 0 Å². The molecular formula is C129H87B3N6. The van der Waals surface area contributed by atoms with Crippen LogP contribution in [-0.4, -0.2) is 34.2 Å². The molecule has 0 aliphatic carbocycles. The normalized spacial score (nSPS) is 12.8. The summed E-state index contributed by atoms with van der Waals surface area (Å²) < 4.78 is 7.36. The van der Waals surface area contributed by atoms with Crippen LogP contribution in [0.4, 0.5) is 34.1 Å². The molecule has 0 amide bonds. The van der Waals surface area contributed by atoms with Crippen LogP contribution in [0.15, 0.2) is 473 Å². The maximum atomic E-state index is 2.57. The predicted molar refractivity (Wildman–Crippen MR) is 586 cm³/mol. The summed E-state index contributed by atoms with van der Waals surface area (Å²) in [4.78, 5) is 7.71. The average Bonchev–Trinajstić information content (AvgIpc) is 0.895. The topological polar surface area (TPSA) is 24.5 Å². The zero-order valence-electron chi connectivity index (χ0n) is 76.4. The highest BCUT2D eigenvalue weighted by Crippen LogP contribution is 2.53. The number of benzene rings is 21. The van der Waals surface area contributed by atoms with Gasteiger partial charge in [-0.2, -0.15) is 0 Å². The quantitative estimate of drug-likeness (QED) is 0.155. The van der Waals surface area contributed by atoms with Gasteiger partial charge >= 0.3 is 20.5 Å². The van der Waals surface area contributed by atoms with E-state index in [1.807, 2.05) is 0 Å². The van der Waals surface area contributed by atoms with E-state index in [9.17, 15) is 0 Å². The smallest absolute Gasteiger partial charge is 0.329 e. The number of anilines is 6. The van der Waals surface area contributed by atoms with E-state index in [1.165, 1.54) is 261 Å². The fourth-order valence-corrected chi connectivity index (χ4v) is 24.1. The number of aromatic nitrogens is 3. The van der Waals surface area contributed by atoms with Crippen molar-refractivity contribution in [3.63, 3.8) is 0 Å². The summed E-state index contributed by atoms with van der Waals surface area (Å²) in [6.45, 7) is 6.90. The molecule has 0 saturated carbocycles. The largest absolute Gasteiger partial charge is 0.376 e. The van der Waals surface area contributed by atoms with Crippen molar-refractivity contribution in [2.45, 2.75) is 20.8 Å². The van der Waals surface area contributed by atoms with Crippen LogP contribution in [0.3, 0.4) is 0 Å². The Labute approximate surface area is 803 Å². The Hall–Kier alpha value is -17.4. The van der Waals surface area contributed by atoms with Crippen molar-refractivity contribution >= 4 is 153 Å².